The Morgan fingerprint density at radius 3 is 2.75 bits per heavy atom. The molecule has 0 unspecified atom stereocenters. The van der Waals surface area contributed by atoms with Gasteiger partial charge in [-0.2, -0.15) is 18.3 Å². The van der Waals surface area contributed by atoms with Crippen LogP contribution in [0, 0.1) is 0 Å². The third-order valence-electron chi connectivity index (χ3n) is 5.48. The Kier molecular flexibility index (Phi) is 5.03. The Balaban J connectivity index is 1.73. The number of halogens is 3. The predicted molar refractivity (Wildman–Crippen MR) is 94.6 cm³/mol. The van der Waals surface area contributed by atoms with Gasteiger partial charge in [0.2, 0.25) is 0 Å². The zero-order valence-electron chi connectivity index (χ0n) is 15.7. The number of ether oxygens (including phenoxy) is 1. The predicted octanol–water partition coefficient (Wildman–Crippen LogP) is 3.54. The van der Waals surface area contributed by atoms with Gasteiger partial charge in [-0.1, -0.05) is 6.92 Å². The minimum atomic E-state index is -4.53. The summed E-state index contributed by atoms with van der Waals surface area (Å²) in [6.07, 6.45) is -0.615. The molecule has 28 heavy (non-hydrogen) atoms. The molecule has 0 aromatic carbocycles. The lowest BCUT2D eigenvalue weighted by Gasteiger charge is -2.36. The van der Waals surface area contributed by atoms with E-state index in [1.165, 1.54) is 0 Å². The Morgan fingerprint density at radius 2 is 2.07 bits per heavy atom. The third-order valence-corrected chi connectivity index (χ3v) is 5.48. The standard InChI is InChI=1S/C19H23F3N4O2/c1-2-12-10-16(19(20,21)22)26-17(23-12)11-13(24-26)14-6-3-4-8-25(14)18(27)15-7-5-9-28-15/h10-11,14-15H,2-9H2,1H3/t14-,15+/m1/s1. The summed E-state index contributed by atoms with van der Waals surface area (Å²) in [5, 5.41) is 4.24. The van der Waals surface area contributed by atoms with Crippen molar-refractivity contribution in [3.63, 3.8) is 0 Å². The van der Waals surface area contributed by atoms with Gasteiger partial charge >= 0.3 is 6.18 Å². The van der Waals surface area contributed by atoms with Crippen molar-refractivity contribution in [3.8, 4) is 0 Å². The summed E-state index contributed by atoms with van der Waals surface area (Å²) in [6.45, 7) is 2.90. The van der Waals surface area contributed by atoms with E-state index in [0.29, 0.717) is 43.8 Å². The first kappa shape index (κ1) is 19.2. The summed E-state index contributed by atoms with van der Waals surface area (Å²) in [4.78, 5) is 18.9. The number of hydrogen-bond donors (Lipinski definition) is 0. The van der Waals surface area contributed by atoms with E-state index in [1.807, 2.05) is 0 Å². The molecule has 2 aliphatic heterocycles. The summed E-state index contributed by atoms with van der Waals surface area (Å²) < 4.78 is 47.0. The van der Waals surface area contributed by atoms with Crippen LogP contribution in [0.4, 0.5) is 13.2 Å². The minimum Gasteiger partial charge on any atom is -0.368 e. The highest BCUT2D eigenvalue weighted by atomic mass is 19.4. The number of piperidine rings is 1. The largest absolute Gasteiger partial charge is 0.433 e. The summed E-state index contributed by atoms with van der Waals surface area (Å²) in [7, 11) is 0. The quantitative estimate of drug-likeness (QED) is 0.796. The van der Waals surface area contributed by atoms with E-state index in [-0.39, 0.29) is 17.6 Å². The number of aromatic nitrogens is 3. The number of aryl methyl sites for hydroxylation is 1. The Labute approximate surface area is 160 Å². The average molecular weight is 396 g/mol. The number of nitrogens with zero attached hydrogens (tertiary/aromatic N) is 4. The molecule has 1 amide bonds. The fourth-order valence-electron chi connectivity index (χ4n) is 4.05. The van der Waals surface area contributed by atoms with Crippen LogP contribution in [0.2, 0.25) is 0 Å². The number of fused-ring (bicyclic) bond motifs is 1. The van der Waals surface area contributed by atoms with Gasteiger partial charge in [-0.05, 0) is 44.6 Å². The number of hydrogen-bond acceptors (Lipinski definition) is 4. The van der Waals surface area contributed by atoms with Crippen molar-refractivity contribution >= 4 is 11.6 Å². The zero-order chi connectivity index (χ0) is 19.9. The van der Waals surface area contributed by atoms with Gasteiger partial charge in [0.05, 0.1) is 11.7 Å². The molecule has 2 aromatic heterocycles. The highest BCUT2D eigenvalue weighted by molar-refractivity contribution is 5.81. The van der Waals surface area contributed by atoms with Crippen molar-refractivity contribution in [2.24, 2.45) is 0 Å². The maximum atomic E-state index is 13.5. The van der Waals surface area contributed by atoms with Crippen molar-refractivity contribution in [2.75, 3.05) is 13.2 Å². The van der Waals surface area contributed by atoms with E-state index in [4.69, 9.17) is 4.74 Å². The summed E-state index contributed by atoms with van der Waals surface area (Å²) >= 11 is 0. The molecule has 2 atom stereocenters. The maximum Gasteiger partial charge on any atom is 0.433 e. The Hall–Kier alpha value is -2.16. The molecule has 2 fully saturated rings. The topological polar surface area (TPSA) is 59.7 Å². The number of carbonyl (C=O) groups excluding carboxylic acids is 1. The molecule has 0 bridgehead atoms. The van der Waals surface area contributed by atoms with Crippen molar-refractivity contribution in [1.82, 2.24) is 19.5 Å². The molecular weight excluding hydrogens is 373 g/mol. The maximum absolute atomic E-state index is 13.5. The highest BCUT2D eigenvalue weighted by Crippen LogP contribution is 2.35. The van der Waals surface area contributed by atoms with Crippen LogP contribution < -0.4 is 0 Å². The van der Waals surface area contributed by atoms with Gasteiger partial charge in [0.25, 0.3) is 5.91 Å². The normalized spacial score (nSPS) is 23.5. The van der Waals surface area contributed by atoms with Gasteiger partial charge in [0.1, 0.15) is 11.8 Å². The molecule has 2 aromatic rings. The summed E-state index contributed by atoms with van der Waals surface area (Å²) in [5.74, 6) is -0.0856. The summed E-state index contributed by atoms with van der Waals surface area (Å²) in [6, 6.07) is 2.28. The number of likely N-dealkylation sites (tertiary alicyclic amines) is 1. The van der Waals surface area contributed by atoms with Gasteiger partial charge in [-0.25, -0.2) is 9.50 Å². The molecule has 0 spiro atoms. The monoisotopic (exact) mass is 396 g/mol. The average Bonchev–Trinajstić information content (AvgIpc) is 3.35. The van der Waals surface area contributed by atoms with E-state index >= 15 is 0 Å². The first-order valence-electron chi connectivity index (χ1n) is 9.77. The van der Waals surface area contributed by atoms with Gasteiger partial charge < -0.3 is 9.64 Å². The smallest absolute Gasteiger partial charge is 0.368 e. The van der Waals surface area contributed by atoms with Gasteiger partial charge in [-0.3, -0.25) is 4.79 Å². The van der Waals surface area contributed by atoms with E-state index < -0.39 is 18.0 Å². The molecule has 152 valence electrons. The van der Waals surface area contributed by atoms with Crippen LogP contribution in [-0.4, -0.2) is 44.7 Å². The number of rotatable bonds is 3. The van der Waals surface area contributed by atoms with E-state index in [9.17, 15) is 18.0 Å². The fraction of sp³-hybridized carbons (Fsp3) is 0.632. The molecule has 2 saturated heterocycles. The SMILES string of the molecule is CCc1cc(C(F)(F)F)n2nc([C@H]3CCCCN3C(=O)[C@@H]3CCCO3)cc2n1. The lowest BCUT2D eigenvalue weighted by atomic mass is 9.98. The molecule has 0 saturated carbocycles. The molecular formula is C19H23F3N4O2. The van der Waals surface area contributed by atoms with Crippen molar-refractivity contribution < 1.29 is 22.7 Å². The molecule has 4 heterocycles. The van der Waals surface area contributed by atoms with Crippen LogP contribution in [-0.2, 0) is 22.1 Å². The van der Waals surface area contributed by atoms with E-state index in [1.54, 1.807) is 17.9 Å². The van der Waals surface area contributed by atoms with Crippen molar-refractivity contribution in [2.45, 2.75) is 63.8 Å². The molecule has 4 rings (SSSR count). The molecule has 6 nitrogen and oxygen atoms in total. The fourth-order valence-corrected chi connectivity index (χ4v) is 4.05. The Morgan fingerprint density at radius 1 is 1.25 bits per heavy atom. The van der Waals surface area contributed by atoms with Crippen LogP contribution in [0.5, 0.6) is 0 Å². The molecule has 9 heteroatoms. The second kappa shape index (κ2) is 7.35. The van der Waals surface area contributed by atoms with Crippen LogP contribution in [0.25, 0.3) is 5.65 Å². The lowest BCUT2D eigenvalue weighted by Crippen LogP contribution is -2.44. The lowest BCUT2D eigenvalue weighted by molar-refractivity contribution is -0.145. The first-order valence-corrected chi connectivity index (χ1v) is 9.77. The van der Waals surface area contributed by atoms with Crippen LogP contribution in [0.3, 0.4) is 0 Å². The van der Waals surface area contributed by atoms with Crippen molar-refractivity contribution in [3.05, 3.63) is 29.2 Å². The van der Waals surface area contributed by atoms with Gasteiger partial charge in [0.15, 0.2) is 5.65 Å². The van der Waals surface area contributed by atoms with Crippen LogP contribution in [0.1, 0.15) is 62.2 Å². The van der Waals surface area contributed by atoms with Gasteiger partial charge in [0, 0.05) is 24.9 Å². The van der Waals surface area contributed by atoms with E-state index in [0.717, 1.165) is 29.8 Å². The second-order valence-electron chi connectivity index (χ2n) is 7.37. The van der Waals surface area contributed by atoms with Gasteiger partial charge in [-0.15, -0.1) is 0 Å². The third kappa shape index (κ3) is 3.47. The molecule has 0 N–H and O–H groups in total. The molecule has 0 aliphatic carbocycles. The number of alkyl halides is 3. The first-order chi connectivity index (χ1) is 13.4. The Bertz CT molecular complexity index is 874. The van der Waals surface area contributed by atoms with Crippen LogP contribution >= 0.6 is 0 Å². The van der Waals surface area contributed by atoms with E-state index in [2.05, 4.69) is 10.1 Å². The summed E-state index contributed by atoms with van der Waals surface area (Å²) in [5.41, 5.74) is 0.143. The zero-order valence-corrected chi connectivity index (χ0v) is 15.7. The highest BCUT2D eigenvalue weighted by Gasteiger charge is 2.38. The molecule has 2 aliphatic rings. The molecule has 0 radical (unpaired) electrons. The van der Waals surface area contributed by atoms with Crippen molar-refractivity contribution in [1.29, 1.82) is 0 Å². The number of carbonyl (C=O) groups is 1. The van der Waals surface area contributed by atoms with Crippen LogP contribution in [0.15, 0.2) is 12.1 Å². The second-order valence-corrected chi connectivity index (χ2v) is 7.37. The minimum absolute atomic E-state index is 0.0856. The number of amides is 1.